The monoisotopic (exact) mass is 515 g/mol. The van der Waals surface area contributed by atoms with Gasteiger partial charge in [-0.05, 0) is 76.9 Å². The Morgan fingerprint density at radius 3 is 2.16 bits per heavy atom. The second-order valence-electron chi connectivity index (χ2n) is 10.7. The molecule has 6 nitrogen and oxygen atoms in total. The number of nitrogens with zero attached hydrogens (tertiary/aromatic N) is 1. The Hall–Kier alpha value is -3.80. The van der Waals surface area contributed by atoms with Gasteiger partial charge in [-0.2, -0.15) is 0 Å². The van der Waals surface area contributed by atoms with E-state index in [1.165, 1.54) is 24.1 Å². The first-order valence-electron chi connectivity index (χ1n) is 13.3. The molecule has 200 valence electrons. The minimum Gasteiger partial charge on any atom is -0.489 e. The molecular weight excluding hydrogens is 478 g/mol. The third-order valence-electron chi connectivity index (χ3n) is 6.90. The van der Waals surface area contributed by atoms with E-state index in [1.54, 1.807) is 19.1 Å². The van der Waals surface area contributed by atoms with Gasteiger partial charge in [0.05, 0.1) is 5.56 Å². The summed E-state index contributed by atoms with van der Waals surface area (Å²) in [6, 6.07) is 19.5. The molecule has 1 N–H and O–H groups in total. The number of ether oxygens (including phenoxy) is 2. The lowest BCUT2D eigenvalue weighted by molar-refractivity contribution is -0.143. The van der Waals surface area contributed by atoms with Crippen LogP contribution in [0.1, 0.15) is 62.9 Å². The van der Waals surface area contributed by atoms with Crippen LogP contribution < -0.4 is 9.64 Å². The van der Waals surface area contributed by atoms with E-state index in [1.807, 2.05) is 24.3 Å². The van der Waals surface area contributed by atoms with Crippen LogP contribution in [0.15, 0.2) is 60.7 Å². The van der Waals surface area contributed by atoms with E-state index >= 15 is 0 Å². The maximum Gasteiger partial charge on any atom is 0.335 e. The normalized spacial score (nSPS) is 13.4. The van der Waals surface area contributed by atoms with Crippen LogP contribution in [0.2, 0.25) is 0 Å². The molecule has 0 radical (unpaired) electrons. The largest absolute Gasteiger partial charge is 0.489 e. The van der Waals surface area contributed by atoms with Crippen molar-refractivity contribution < 1.29 is 24.2 Å². The molecule has 0 unspecified atom stereocenters. The molecule has 1 aliphatic rings. The van der Waals surface area contributed by atoms with Crippen LogP contribution in [0, 0.1) is 0 Å². The molecule has 0 saturated carbocycles. The highest BCUT2D eigenvalue weighted by atomic mass is 16.6. The minimum atomic E-state index is -0.947. The number of anilines is 1. The Morgan fingerprint density at radius 1 is 0.868 bits per heavy atom. The van der Waals surface area contributed by atoms with Crippen molar-refractivity contribution in [2.75, 3.05) is 31.2 Å². The van der Waals surface area contributed by atoms with Gasteiger partial charge in [-0.3, -0.25) is 4.79 Å². The molecule has 0 bridgehead atoms. The molecule has 3 aromatic rings. The second-order valence-corrected chi connectivity index (χ2v) is 10.7. The Bertz CT molecular complexity index is 1280. The third-order valence-corrected chi connectivity index (χ3v) is 6.90. The molecule has 1 saturated heterocycles. The van der Waals surface area contributed by atoms with Gasteiger partial charge in [0.1, 0.15) is 19.0 Å². The molecule has 4 rings (SSSR count). The third kappa shape index (κ3) is 6.36. The van der Waals surface area contributed by atoms with Gasteiger partial charge < -0.3 is 19.5 Å². The topological polar surface area (TPSA) is 76.1 Å². The zero-order valence-electron chi connectivity index (χ0n) is 22.8. The van der Waals surface area contributed by atoms with Gasteiger partial charge in [0.25, 0.3) is 0 Å². The highest BCUT2D eigenvalue weighted by Crippen LogP contribution is 2.40. The second kappa shape index (κ2) is 11.7. The summed E-state index contributed by atoms with van der Waals surface area (Å²) in [5.41, 5.74) is 6.64. The minimum absolute atomic E-state index is 0.0480. The lowest BCUT2D eigenvalue weighted by Gasteiger charge is -2.29. The molecule has 0 spiro atoms. The van der Waals surface area contributed by atoms with Crippen molar-refractivity contribution in [2.45, 2.75) is 52.4 Å². The summed E-state index contributed by atoms with van der Waals surface area (Å²) in [5.74, 6) is -0.490. The van der Waals surface area contributed by atoms with Gasteiger partial charge in [-0.15, -0.1) is 0 Å². The quantitative estimate of drug-likeness (QED) is 0.246. The van der Waals surface area contributed by atoms with Gasteiger partial charge in [-0.1, -0.05) is 52.0 Å². The van der Waals surface area contributed by atoms with Crippen molar-refractivity contribution in [2.24, 2.45) is 0 Å². The smallest absolute Gasteiger partial charge is 0.335 e. The summed E-state index contributed by atoms with van der Waals surface area (Å²) in [7, 11) is 0. The van der Waals surface area contributed by atoms with Gasteiger partial charge in [-0.25, -0.2) is 4.79 Å². The number of hydrogen-bond acceptors (Lipinski definition) is 5. The van der Waals surface area contributed by atoms with Crippen molar-refractivity contribution in [1.82, 2.24) is 0 Å². The maximum atomic E-state index is 11.5. The first kappa shape index (κ1) is 27.2. The molecule has 6 heteroatoms. The van der Waals surface area contributed by atoms with Gasteiger partial charge >= 0.3 is 11.9 Å². The Labute approximate surface area is 225 Å². The van der Waals surface area contributed by atoms with Crippen LogP contribution in [-0.2, 0) is 14.9 Å². The summed E-state index contributed by atoms with van der Waals surface area (Å²) >= 11 is 0. The van der Waals surface area contributed by atoms with Crippen LogP contribution >= 0.6 is 0 Å². The van der Waals surface area contributed by atoms with Crippen LogP contribution in [0.3, 0.4) is 0 Å². The van der Waals surface area contributed by atoms with Crippen molar-refractivity contribution in [3.63, 3.8) is 0 Å². The number of carbonyl (C=O) groups is 2. The SMILES string of the molecule is CCC(=O)OCCOc1ccc(-c2ccc(C(=O)O)cc2)cc1-c1ccc(N2CCCC2)c(C(C)(C)C)c1. The fourth-order valence-corrected chi connectivity index (χ4v) is 4.81. The number of hydrogen-bond donors (Lipinski definition) is 1. The summed E-state index contributed by atoms with van der Waals surface area (Å²) in [5, 5.41) is 9.27. The zero-order chi connectivity index (χ0) is 27.3. The summed E-state index contributed by atoms with van der Waals surface area (Å²) in [6.45, 7) is 11.1. The molecule has 1 heterocycles. The maximum absolute atomic E-state index is 11.5. The fraction of sp³-hybridized carbons (Fsp3) is 0.375. The molecule has 0 amide bonds. The van der Waals surface area contributed by atoms with Crippen LogP contribution in [0.4, 0.5) is 5.69 Å². The van der Waals surface area contributed by atoms with Gasteiger partial charge in [0.15, 0.2) is 0 Å². The molecule has 0 aromatic heterocycles. The fourth-order valence-electron chi connectivity index (χ4n) is 4.81. The predicted octanol–water partition coefficient (Wildman–Crippen LogP) is 6.95. The average Bonchev–Trinajstić information content (AvgIpc) is 3.45. The van der Waals surface area contributed by atoms with E-state index in [0.717, 1.165) is 35.3 Å². The molecule has 0 aliphatic carbocycles. The summed E-state index contributed by atoms with van der Waals surface area (Å²) in [4.78, 5) is 25.3. The Balaban J connectivity index is 1.74. The van der Waals surface area contributed by atoms with Crippen molar-refractivity contribution in [1.29, 1.82) is 0 Å². The Morgan fingerprint density at radius 2 is 1.53 bits per heavy atom. The molecule has 1 aliphatic heterocycles. The number of carboxylic acid groups (broad SMARTS) is 1. The van der Waals surface area contributed by atoms with Crippen LogP contribution in [0.25, 0.3) is 22.3 Å². The predicted molar refractivity (Wildman–Crippen MR) is 151 cm³/mol. The first-order chi connectivity index (χ1) is 18.2. The number of carboxylic acids is 1. The molecule has 38 heavy (non-hydrogen) atoms. The summed E-state index contributed by atoms with van der Waals surface area (Å²) in [6.07, 6.45) is 2.77. The number of rotatable bonds is 9. The van der Waals surface area contributed by atoms with E-state index in [9.17, 15) is 14.7 Å². The molecule has 3 aromatic carbocycles. The molecule has 1 fully saturated rings. The number of carbonyl (C=O) groups excluding carboxylic acids is 1. The van der Waals surface area contributed by atoms with Gasteiger partial charge in [0.2, 0.25) is 0 Å². The highest BCUT2D eigenvalue weighted by Gasteiger charge is 2.24. The lowest BCUT2D eigenvalue weighted by atomic mass is 9.83. The Kier molecular flexibility index (Phi) is 8.40. The van der Waals surface area contributed by atoms with E-state index in [4.69, 9.17) is 9.47 Å². The van der Waals surface area contributed by atoms with Crippen molar-refractivity contribution in [3.8, 4) is 28.0 Å². The van der Waals surface area contributed by atoms with Crippen molar-refractivity contribution in [3.05, 3.63) is 71.8 Å². The zero-order valence-corrected chi connectivity index (χ0v) is 22.8. The van der Waals surface area contributed by atoms with E-state index < -0.39 is 5.97 Å². The standard InChI is InChI=1S/C32H37NO5/c1-5-30(34)38-19-18-37-29-15-13-24(22-8-10-23(11-9-22)31(35)36)20-26(29)25-12-14-28(33-16-6-7-17-33)27(21-25)32(2,3)4/h8-15,20-21H,5-7,16-19H2,1-4H3,(H,35,36). The van der Waals surface area contributed by atoms with E-state index in [2.05, 4.69) is 49.9 Å². The van der Waals surface area contributed by atoms with Crippen molar-refractivity contribution >= 4 is 17.6 Å². The van der Waals surface area contributed by atoms with E-state index in [-0.39, 0.29) is 30.2 Å². The number of esters is 1. The number of benzene rings is 3. The van der Waals surface area contributed by atoms with Gasteiger partial charge in [0, 0.05) is 30.8 Å². The highest BCUT2D eigenvalue weighted by molar-refractivity contribution is 5.88. The summed E-state index contributed by atoms with van der Waals surface area (Å²) < 4.78 is 11.3. The lowest BCUT2D eigenvalue weighted by Crippen LogP contribution is -2.23. The molecule has 0 atom stereocenters. The molecular formula is C32H37NO5. The van der Waals surface area contributed by atoms with E-state index in [0.29, 0.717) is 12.2 Å². The number of aromatic carboxylic acids is 1. The first-order valence-corrected chi connectivity index (χ1v) is 13.3. The van der Waals surface area contributed by atoms with Crippen LogP contribution in [-0.4, -0.2) is 43.3 Å². The average molecular weight is 516 g/mol. The van der Waals surface area contributed by atoms with Crippen LogP contribution in [0.5, 0.6) is 5.75 Å².